The van der Waals surface area contributed by atoms with Crippen LogP contribution in [0.1, 0.15) is 29.9 Å². The smallest absolute Gasteiger partial charge is 0.263 e. The minimum Gasteiger partial charge on any atom is -0.506 e. The zero-order valence-electron chi connectivity index (χ0n) is 17.2. The lowest BCUT2D eigenvalue weighted by Crippen LogP contribution is -2.36. The van der Waals surface area contributed by atoms with Gasteiger partial charge in [-0.25, -0.2) is 9.67 Å². The van der Waals surface area contributed by atoms with E-state index in [0.29, 0.717) is 11.4 Å². The molecule has 0 aromatic carbocycles. The zero-order chi connectivity index (χ0) is 22.5. The first-order valence-corrected chi connectivity index (χ1v) is 9.28. The van der Waals surface area contributed by atoms with Crippen molar-refractivity contribution in [2.75, 3.05) is 12.4 Å². The summed E-state index contributed by atoms with van der Waals surface area (Å²) in [6.45, 7) is 3.72. The topological polar surface area (TPSA) is 153 Å². The maximum absolute atomic E-state index is 12.8. The molecule has 0 saturated carbocycles. The summed E-state index contributed by atoms with van der Waals surface area (Å²) in [6.07, 6.45) is 5.28. The standard InChI is InChI=1S/C20H22N8O3/c1-12(2)27(11-21)18(22)16-5-4-6-17(24-16)25-19(30)15-10-28(26-20(15)31-3)13-7-14(29)9-23-8-13/h4-12,21-22,29H,1-3H3,(H,24,25,30). The van der Waals surface area contributed by atoms with Crippen LogP contribution in [0, 0.1) is 10.8 Å². The summed E-state index contributed by atoms with van der Waals surface area (Å²) in [4.78, 5) is 22.5. The molecular formula is C20H22N8O3. The molecule has 11 heteroatoms. The second-order valence-electron chi connectivity index (χ2n) is 6.74. The Labute approximate surface area is 178 Å². The quantitative estimate of drug-likeness (QED) is 0.336. The number of rotatable bonds is 7. The number of amides is 1. The molecule has 1 amide bonds. The SMILES string of the molecule is COc1nn(-c2cncc(O)c2)cc1C(=O)Nc1cccc(C(=N)N(C=N)C(C)C)n1. The molecule has 0 radical (unpaired) electrons. The fraction of sp³-hybridized carbons (Fsp3) is 0.200. The van der Waals surface area contributed by atoms with Crippen LogP contribution in [0.3, 0.4) is 0 Å². The van der Waals surface area contributed by atoms with Gasteiger partial charge < -0.3 is 20.1 Å². The molecule has 4 N–H and O–H groups in total. The van der Waals surface area contributed by atoms with Crippen LogP contribution < -0.4 is 10.1 Å². The molecule has 0 spiro atoms. The Morgan fingerprint density at radius 2 is 2.13 bits per heavy atom. The number of carbonyl (C=O) groups excluding carboxylic acids is 1. The lowest BCUT2D eigenvalue weighted by Gasteiger charge is -2.23. The highest BCUT2D eigenvalue weighted by Crippen LogP contribution is 2.21. The highest BCUT2D eigenvalue weighted by Gasteiger charge is 2.20. The molecule has 3 rings (SSSR count). The Balaban J connectivity index is 1.85. The van der Waals surface area contributed by atoms with Crippen LogP contribution in [0.4, 0.5) is 5.82 Å². The summed E-state index contributed by atoms with van der Waals surface area (Å²) in [7, 11) is 1.39. The summed E-state index contributed by atoms with van der Waals surface area (Å²) in [5.41, 5.74) is 0.909. The van der Waals surface area contributed by atoms with E-state index in [2.05, 4.69) is 20.4 Å². The highest BCUT2D eigenvalue weighted by molar-refractivity contribution is 6.06. The van der Waals surface area contributed by atoms with E-state index in [1.54, 1.807) is 18.2 Å². The van der Waals surface area contributed by atoms with Crippen molar-refractivity contribution in [1.29, 1.82) is 10.8 Å². The van der Waals surface area contributed by atoms with Gasteiger partial charge in [-0.1, -0.05) is 6.07 Å². The van der Waals surface area contributed by atoms with Gasteiger partial charge in [-0.2, -0.15) is 0 Å². The Kier molecular flexibility index (Phi) is 6.24. The van der Waals surface area contributed by atoms with E-state index in [9.17, 15) is 9.90 Å². The molecule has 0 bridgehead atoms. The number of aromatic nitrogens is 4. The number of aromatic hydroxyl groups is 1. The van der Waals surface area contributed by atoms with E-state index >= 15 is 0 Å². The van der Waals surface area contributed by atoms with Crippen LogP contribution in [0.5, 0.6) is 11.6 Å². The predicted octanol–water partition coefficient (Wildman–Crippen LogP) is 2.27. The lowest BCUT2D eigenvalue weighted by molar-refractivity contribution is 0.102. The molecule has 0 unspecified atom stereocenters. The molecule has 0 saturated heterocycles. The Morgan fingerprint density at radius 3 is 2.77 bits per heavy atom. The molecular weight excluding hydrogens is 400 g/mol. The number of ether oxygens (including phenoxy) is 1. The molecule has 0 atom stereocenters. The van der Waals surface area contributed by atoms with Gasteiger partial charge in [-0.3, -0.25) is 20.6 Å². The van der Waals surface area contributed by atoms with Gasteiger partial charge in [0.1, 0.15) is 22.8 Å². The van der Waals surface area contributed by atoms with Gasteiger partial charge in [0.25, 0.3) is 5.91 Å². The van der Waals surface area contributed by atoms with Crippen molar-refractivity contribution in [3.63, 3.8) is 0 Å². The minimum atomic E-state index is -0.514. The van der Waals surface area contributed by atoms with Gasteiger partial charge in [0.2, 0.25) is 5.88 Å². The average molecular weight is 422 g/mol. The lowest BCUT2D eigenvalue weighted by atomic mass is 10.2. The number of hydrogen-bond acceptors (Lipinski definition) is 8. The van der Waals surface area contributed by atoms with Crippen molar-refractivity contribution < 1.29 is 14.6 Å². The fourth-order valence-corrected chi connectivity index (χ4v) is 2.76. The van der Waals surface area contributed by atoms with Crippen LogP contribution in [-0.2, 0) is 0 Å². The molecule has 3 heterocycles. The number of nitrogens with one attached hydrogen (secondary N) is 3. The maximum atomic E-state index is 12.8. The normalized spacial score (nSPS) is 10.6. The molecule has 0 aliphatic carbocycles. The summed E-state index contributed by atoms with van der Waals surface area (Å²) in [6, 6.07) is 6.24. The first-order valence-electron chi connectivity index (χ1n) is 9.28. The van der Waals surface area contributed by atoms with Crippen molar-refractivity contribution in [1.82, 2.24) is 24.6 Å². The van der Waals surface area contributed by atoms with Crippen molar-refractivity contribution >= 4 is 23.9 Å². The number of carbonyl (C=O) groups is 1. The molecule has 3 aromatic heterocycles. The Bertz CT molecular complexity index is 1130. The zero-order valence-corrected chi connectivity index (χ0v) is 17.2. The summed E-state index contributed by atoms with van der Waals surface area (Å²) < 4.78 is 6.57. The molecule has 160 valence electrons. The van der Waals surface area contributed by atoms with E-state index in [-0.39, 0.29) is 34.9 Å². The van der Waals surface area contributed by atoms with Crippen LogP contribution in [0.2, 0.25) is 0 Å². The molecule has 11 nitrogen and oxygen atoms in total. The second-order valence-corrected chi connectivity index (χ2v) is 6.74. The largest absolute Gasteiger partial charge is 0.506 e. The first-order chi connectivity index (χ1) is 14.8. The number of amidine groups is 1. The number of nitrogens with zero attached hydrogens (tertiary/aromatic N) is 5. The predicted molar refractivity (Wildman–Crippen MR) is 114 cm³/mol. The van der Waals surface area contributed by atoms with E-state index in [0.717, 1.165) is 6.34 Å². The van der Waals surface area contributed by atoms with Gasteiger partial charge in [0.15, 0.2) is 5.84 Å². The minimum absolute atomic E-state index is 0.0400. The van der Waals surface area contributed by atoms with Crippen molar-refractivity contribution in [2.24, 2.45) is 0 Å². The number of methoxy groups -OCH3 is 1. The third kappa shape index (κ3) is 4.66. The van der Waals surface area contributed by atoms with Crippen molar-refractivity contribution in [3.05, 3.63) is 54.1 Å². The van der Waals surface area contributed by atoms with Crippen molar-refractivity contribution in [2.45, 2.75) is 19.9 Å². The molecule has 0 aliphatic rings. The van der Waals surface area contributed by atoms with Gasteiger partial charge in [0.05, 0.1) is 31.5 Å². The van der Waals surface area contributed by atoms with Gasteiger partial charge in [-0.15, -0.1) is 5.10 Å². The van der Waals surface area contributed by atoms with Crippen LogP contribution >= 0.6 is 0 Å². The summed E-state index contributed by atoms with van der Waals surface area (Å²) in [5.74, 6) is -0.195. The van der Waals surface area contributed by atoms with Crippen LogP contribution in [0.15, 0.2) is 42.9 Å². The Morgan fingerprint density at radius 1 is 1.35 bits per heavy atom. The molecule has 3 aromatic rings. The van der Waals surface area contributed by atoms with E-state index in [1.165, 1.54) is 41.3 Å². The molecule has 0 aliphatic heterocycles. The maximum Gasteiger partial charge on any atom is 0.263 e. The van der Waals surface area contributed by atoms with Gasteiger partial charge >= 0.3 is 0 Å². The Hall–Kier alpha value is -4.28. The third-order valence-corrected chi connectivity index (χ3v) is 4.28. The third-order valence-electron chi connectivity index (χ3n) is 4.28. The second kappa shape index (κ2) is 9.03. The summed E-state index contributed by atoms with van der Waals surface area (Å²) in [5, 5.41) is 32.3. The monoisotopic (exact) mass is 422 g/mol. The van der Waals surface area contributed by atoms with Crippen LogP contribution in [0.25, 0.3) is 5.69 Å². The summed E-state index contributed by atoms with van der Waals surface area (Å²) >= 11 is 0. The molecule has 0 fully saturated rings. The fourth-order valence-electron chi connectivity index (χ4n) is 2.76. The molecule has 31 heavy (non-hydrogen) atoms. The van der Waals surface area contributed by atoms with Crippen LogP contribution in [-0.4, -0.2) is 61.0 Å². The van der Waals surface area contributed by atoms with Gasteiger partial charge in [-0.05, 0) is 26.0 Å². The number of hydrogen-bond donors (Lipinski definition) is 4. The average Bonchev–Trinajstić information content (AvgIpc) is 3.19. The van der Waals surface area contributed by atoms with E-state index in [1.807, 2.05) is 13.8 Å². The van der Waals surface area contributed by atoms with Crippen molar-refractivity contribution in [3.8, 4) is 17.3 Å². The highest BCUT2D eigenvalue weighted by atomic mass is 16.5. The number of anilines is 1. The van der Waals surface area contributed by atoms with E-state index < -0.39 is 5.91 Å². The number of pyridine rings is 2. The first kappa shape index (κ1) is 21.4. The van der Waals surface area contributed by atoms with E-state index in [4.69, 9.17) is 15.6 Å². The van der Waals surface area contributed by atoms with Gasteiger partial charge in [0, 0.05) is 18.3 Å².